The molecule has 0 aliphatic carbocycles. The highest BCUT2D eigenvalue weighted by molar-refractivity contribution is 8.14. The van der Waals surface area contributed by atoms with Gasteiger partial charge in [0.25, 0.3) is 0 Å². The lowest BCUT2D eigenvalue weighted by atomic mass is 9.99. The third-order valence-corrected chi connectivity index (χ3v) is 7.19. The predicted octanol–water partition coefficient (Wildman–Crippen LogP) is 3.20. The molecule has 0 bridgehead atoms. The Kier molecular flexibility index (Phi) is 6.39. The third kappa shape index (κ3) is 4.52. The van der Waals surface area contributed by atoms with Gasteiger partial charge in [0.05, 0.1) is 23.4 Å². The Labute approximate surface area is 211 Å². The Morgan fingerprint density at radius 3 is 2.19 bits per heavy atom. The molecule has 2 aliphatic rings. The van der Waals surface area contributed by atoms with Crippen LogP contribution in [0.5, 0.6) is 0 Å². The Balaban J connectivity index is 1.37. The van der Waals surface area contributed by atoms with Gasteiger partial charge in [0.15, 0.2) is 5.17 Å². The van der Waals surface area contributed by atoms with Crippen LogP contribution >= 0.6 is 11.8 Å². The number of nitrogens with zero attached hydrogens (tertiary/aromatic N) is 3. The van der Waals surface area contributed by atoms with E-state index in [0.717, 1.165) is 33.5 Å². The van der Waals surface area contributed by atoms with E-state index in [9.17, 15) is 19.5 Å². The van der Waals surface area contributed by atoms with Crippen LogP contribution in [0.2, 0.25) is 0 Å². The lowest BCUT2D eigenvalue weighted by Gasteiger charge is -2.24. The van der Waals surface area contributed by atoms with Crippen molar-refractivity contribution in [1.82, 2.24) is 5.01 Å². The molecular formula is C27H21N4O4S-. The molecule has 180 valence electrons. The molecule has 2 aliphatic heterocycles. The molecule has 36 heavy (non-hydrogen) atoms. The van der Waals surface area contributed by atoms with E-state index in [1.807, 2.05) is 60.7 Å². The fraction of sp³-hybridized carbons (Fsp3) is 0.148. The van der Waals surface area contributed by atoms with Crippen molar-refractivity contribution in [3.05, 3.63) is 102 Å². The quantitative estimate of drug-likeness (QED) is 0.329. The number of carboxylic acid groups (broad SMARTS) is 1. The van der Waals surface area contributed by atoms with Gasteiger partial charge in [-0.1, -0.05) is 84.6 Å². The molecule has 8 nitrogen and oxygen atoms in total. The number of nitrogens with one attached hydrogen (secondary N) is 1. The van der Waals surface area contributed by atoms with Gasteiger partial charge in [0, 0.05) is 12.8 Å². The zero-order valence-electron chi connectivity index (χ0n) is 19.0. The van der Waals surface area contributed by atoms with E-state index < -0.39 is 23.0 Å². The number of amidine groups is 1. The summed E-state index contributed by atoms with van der Waals surface area (Å²) in [5.74, 6) is -2.18. The highest BCUT2D eigenvalue weighted by Gasteiger charge is 2.42. The summed E-state index contributed by atoms with van der Waals surface area (Å²) in [7, 11) is 0. The zero-order valence-corrected chi connectivity index (χ0v) is 19.9. The van der Waals surface area contributed by atoms with Crippen molar-refractivity contribution in [2.45, 2.75) is 24.1 Å². The van der Waals surface area contributed by atoms with Crippen molar-refractivity contribution in [1.29, 1.82) is 5.41 Å². The van der Waals surface area contributed by atoms with E-state index in [-0.39, 0.29) is 28.9 Å². The molecule has 2 atom stereocenters. The summed E-state index contributed by atoms with van der Waals surface area (Å²) in [6.07, 6.45) is 0.540. The molecule has 3 aromatic carbocycles. The first kappa shape index (κ1) is 23.5. The van der Waals surface area contributed by atoms with E-state index in [1.165, 1.54) is 24.3 Å². The number of amides is 2. The van der Waals surface area contributed by atoms with E-state index in [1.54, 1.807) is 5.01 Å². The first-order valence-corrected chi connectivity index (χ1v) is 12.2. The first-order chi connectivity index (χ1) is 17.4. The monoisotopic (exact) mass is 497 g/mol. The highest BCUT2D eigenvalue weighted by atomic mass is 32.2. The number of hydrazone groups is 1. The number of hydrogen-bond acceptors (Lipinski definition) is 7. The van der Waals surface area contributed by atoms with Gasteiger partial charge in [-0.3, -0.25) is 15.0 Å². The predicted molar refractivity (Wildman–Crippen MR) is 136 cm³/mol. The molecule has 1 saturated heterocycles. The molecule has 2 amide bonds. The number of benzene rings is 3. The number of hydrogen-bond donors (Lipinski definition) is 1. The minimum atomic E-state index is -1.34. The summed E-state index contributed by atoms with van der Waals surface area (Å²) in [6, 6.07) is 24.7. The van der Waals surface area contributed by atoms with Crippen molar-refractivity contribution in [2.75, 3.05) is 4.90 Å². The number of aromatic carboxylic acids is 1. The number of carbonyl (C=O) groups excluding carboxylic acids is 3. The van der Waals surface area contributed by atoms with Crippen LogP contribution in [0.3, 0.4) is 0 Å². The maximum Gasteiger partial charge on any atom is 0.247 e. The van der Waals surface area contributed by atoms with E-state index in [2.05, 4.69) is 0 Å². The van der Waals surface area contributed by atoms with Crippen molar-refractivity contribution in [2.24, 2.45) is 5.10 Å². The van der Waals surface area contributed by atoms with Gasteiger partial charge in [-0.25, -0.2) is 9.91 Å². The van der Waals surface area contributed by atoms with Gasteiger partial charge in [-0.15, -0.1) is 0 Å². The molecule has 0 unspecified atom stereocenters. The van der Waals surface area contributed by atoms with Crippen molar-refractivity contribution < 1.29 is 19.5 Å². The van der Waals surface area contributed by atoms with E-state index in [0.29, 0.717) is 6.42 Å². The summed E-state index contributed by atoms with van der Waals surface area (Å²) < 4.78 is 0. The van der Waals surface area contributed by atoms with Gasteiger partial charge in [0.1, 0.15) is 5.25 Å². The second-order valence-corrected chi connectivity index (χ2v) is 9.60. The summed E-state index contributed by atoms with van der Waals surface area (Å²) in [5.41, 5.74) is 3.06. The van der Waals surface area contributed by atoms with Gasteiger partial charge >= 0.3 is 0 Å². The van der Waals surface area contributed by atoms with Gasteiger partial charge < -0.3 is 9.90 Å². The second-order valence-electron chi connectivity index (χ2n) is 8.41. The Morgan fingerprint density at radius 1 is 0.917 bits per heavy atom. The van der Waals surface area contributed by atoms with E-state index >= 15 is 0 Å². The van der Waals surface area contributed by atoms with Gasteiger partial charge in [-0.05, 0) is 28.8 Å². The molecule has 0 saturated carbocycles. The number of anilines is 1. The topological polar surface area (TPSA) is 117 Å². The summed E-state index contributed by atoms with van der Waals surface area (Å²) >= 11 is 1.00. The minimum absolute atomic E-state index is 0.0429. The van der Waals surface area contributed by atoms with Gasteiger partial charge in [-0.2, -0.15) is 5.10 Å². The normalized spacial score (nSPS) is 19.5. The summed E-state index contributed by atoms with van der Waals surface area (Å²) in [4.78, 5) is 37.9. The van der Waals surface area contributed by atoms with Crippen LogP contribution in [0.15, 0.2) is 90.0 Å². The zero-order chi connectivity index (χ0) is 25.2. The smallest absolute Gasteiger partial charge is 0.247 e. The SMILES string of the molecule is N=C(S[C@@H]1CC(=O)N(c2ccc(C(=O)[O-])cc2)C1=O)N1N=C(c2ccccc2)C[C@@H]1c1ccccc1. The Morgan fingerprint density at radius 2 is 1.56 bits per heavy atom. The molecule has 1 N–H and O–H groups in total. The molecule has 0 aromatic heterocycles. The molecule has 1 fully saturated rings. The van der Waals surface area contributed by atoms with Gasteiger partial charge in [0.2, 0.25) is 11.8 Å². The van der Waals surface area contributed by atoms with Crippen molar-refractivity contribution >= 4 is 46.1 Å². The molecule has 2 heterocycles. The Bertz CT molecular complexity index is 1360. The van der Waals surface area contributed by atoms with Crippen LogP contribution in [0.1, 0.15) is 40.4 Å². The largest absolute Gasteiger partial charge is 0.545 e. The minimum Gasteiger partial charge on any atom is -0.545 e. The maximum absolute atomic E-state index is 13.1. The van der Waals surface area contributed by atoms with Crippen molar-refractivity contribution in [3.63, 3.8) is 0 Å². The number of imide groups is 1. The number of carbonyl (C=O) groups is 3. The Hall–Kier alpha value is -4.24. The maximum atomic E-state index is 13.1. The number of thioether (sulfide) groups is 1. The molecule has 9 heteroatoms. The van der Waals surface area contributed by atoms with Crippen molar-refractivity contribution in [3.8, 4) is 0 Å². The average molecular weight is 498 g/mol. The molecule has 5 rings (SSSR count). The number of rotatable bonds is 5. The lowest BCUT2D eigenvalue weighted by Crippen LogP contribution is -2.32. The van der Waals surface area contributed by atoms with Crippen LogP contribution in [0.25, 0.3) is 0 Å². The fourth-order valence-corrected chi connectivity index (χ4v) is 5.32. The summed E-state index contributed by atoms with van der Waals surface area (Å²) in [6.45, 7) is 0. The molecule has 0 spiro atoms. The van der Waals surface area contributed by atoms with Crippen LogP contribution in [-0.4, -0.2) is 38.9 Å². The van der Waals surface area contributed by atoms with Crippen LogP contribution in [-0.2, 0) is 9.59 Å². The standard InChI is InChI=1S/C27H22N4O4S/c28-27(36-23-16-24(32)30(25(23)33)20-13-11-19(12-14-20)26(34)35)31-22(18-9-5-2-6-10-18)15-21(29-31)17-7-3-1-4-8-17/h1-14,22-23,28H,15-16H2,(H,34,35)/p-1/t22-,23-/m1/s1. The average Bonchev–Trinajstić information content (AvgIpc) is 3.46. The fourth-order valence-electron chi connectivity index (χ4n) is 4.34. The molecular weight excluding hydrogens is 476 g/mol. The summed E-state index contributed by atoms with van der Waals surface area (Å²) in [5, 5.41) is 25.5. The lowest BCUT2D eigenvalue weighted by molar-refractivity contribution is -0.255. The van der Waals surface area contributed by atoms with Crippen LogP contribution in [0.4, 0.5) is 5.69 Å². The molecule has 3 aromatic rings. The number of carboxylic acids is 1. The first-order valence-electron chi connectivity index (χ1n) is 11.3. The second kappa shape index (κ2) is 9.79. The highest BCUT2D eigenvalue weighted by Crippen LogP contribution is 2.37. The van der Waals surface area contributed by atoms with Crippen LogP contribution in [0, 0.1) is 5.41 Å². The third-order valence-electron chi connectivity index (χ3n) is 6.13. The van der Waals surface area contributed by atoms with E-state index in [4.69, 9.17) is 10.5 Å². The molecule has 0 radical (unpaired) electrons. The van der Waals surface area contributed by atoms with Crippen LogP contribution < -0.4 is 10.0 Å².